The number of hydrogen-bond acceptors (Lipinski definition) is 5. The van der Waals surface area contributed by atoms with Crippen LogP contribution in [0.4, 0.5) is 30.6 Å². The van der Waals surface area contributed by atoms with Gasteiger partial charge in [0.1, 0.15) is 18.5 Å². The van der Waals surface area contributed by atoms with E-state index < -0.39 is 18.9 Å². The first kappa shape index (κ1) is 25.5. The van der Waals surface area contributed by atoms with E-state index in [1.54, 1.807) is 37.6 Å². The van der Waals surface area contributed by atoms with Crippen molar-refractivity contribution in [2.75, 3.05) is 30.5 Å². The number of anilines is 3. The maximum atomic E-state index is 13.7. The van der Waals surface area contributed by atoms with Crippen LogP contribution in [0, 0.1) is 11.3 Å². The van der Waals surface area contributed by atoms with Crippen LogP contribution in [0.15, 0.2) is 30.5 Å². The molecule has 33 heavy (non-hydrogen) atoms. The highest BCUT2D eigenvalue weighted by molar-refractivity contribution is 7.70. The molecule has 0 radical (unpaired) electrons. The molecule has 2 atom stereocenters. The summed E-state index contributed by atoms with van der Waals surface area (Å²) in [5.74, 6) is 0.453. The Kier molecular flexibility index (Phi) is 7.77. The van der Waals surface area contributed by atoms with Gasteiger partial charge in [-0.05, 0) is 68.2 Å². The van der Waals surface area contributed by atoms with Crippen LogP contribution in [0.3, 0.4) is 0 Å². The molecule has 1 saturated carbocycles. The summed E-state index contributed by atoms with van der Waals surface area (Å²) in [6.07, 6.45) is 2.55. The van der Waals surface area contributed by atoms with Gasteiger partial charge >= 0.3 is 6.18 Å². The molecule has 0 amide bonds. The molecule has 3 rings (SSSR count). The molecule has 1 fully saturated rings. The van der Waals surface area contributed by atoms with Gasteiger partial charge in [-0.1, -0.05) is 33.1 Å². The SMILES string of the molecule is CCCC1(CNc2nc(Nc3ccc(P(C)(C)=O)cc3)ncc2C(F)(F)F)CCCC(C)C1. The molecule has 5 nitrogen and oxygen atoms in total. The van der Waals surface area contributed by atoms with E-state index in [4.69, 9.17) is 0 Å². The van der Waals surface area contributed by atoms with Gasteiger partial charge in [0, 0.05) is 23.7 Å². The summed E-state index contributed by atoms with van der Waals surface area (Å²) in [5, 5.41) is 6.73. The maximum Gasteiger partial charge on any atom is 0.421 e. The topological polar surface area (TPSA) is 66.9 Å². The average molecular weight is 483 g/mol. The van der Waals surface area contributed by atoms with E-state index in [0.29, 0.717) is 18.2 Å². The Hall–Kier alpha value is -2.08. The monoisotopic (exact) mass is 482 g/mol. The molecule has 9 heteroatoms. The molecule has 1 aliphatic rings. The third kappa shape index (κ3) is 6.72. The van der Waals surface area contributed by atoms with Gasteiger partial charge in [0.2, 0.25) is 5.95 Å². The number of alkyl halides is 3. The van der Waals surface area contributed by atoms with Crippen molar-refractivity contribution in [3.63, 3.8) is 0 Å². The Morgan fingerprint density at radius 3 is 2.48 bits per heavy atom. The van der Waals surface area contributed by atoms with E-state index in [0.717, 1.165) is 43.6 Å². The van der Waals surface area contributed by atoms with Gasteiger partial charge < -0.3 is 15.2 Å². The quantitative estimate of drug-likeness (QED) is 0.401. The highest BCUT2D eigenvalue weighted by Crippen LogP contribution is 2.43. The number of hydrogen-bond donors (Lipinski definition) is 2. The molecular formula is C24H34F3N4OP. The van der Waals surface area contributed by atoms with E-state index in [9.17, 15) is 17.7 Å². The second-order valence-corrected chi connectivity index (χ2v) is 13.0. The van der Waals surface area contributed by atoms with Crippen LogP contribution in [-0.2, 0) is 10.7 Å². The number of nitrogens with one attached hydrogen (secondary N) is 2. The fraction of sp³-hybridized carbons (Fsp3) is 0.583. The molecule has 0 bridgehead atoms. The molecule has 0 saturated heterocycles. The lowest BCUT2D eigenvalue weighted by Crippen LogP contribution is -2.35. The normalized spacial score (nSPS) is 21.6. The van der Waals surface area contributed by atoms with Crippen molar-refractivity contribution >= 4 is 29.9 Å². The van der Waals surface area contributed by atoms with E-state index in [2.05, 4.69) is 34.4 Å². The number of aromatic nitrogens is 2. The standard InChI is InChI=1S/C24H34F3N4OP/c1-5-12-23(13-6-7-17(2)14-23)16-29-21-20(24(25,26)27)15-28-22(31-21)30-18-8-10-19(11-9-18)33(3,4)32/h8-11,15,17H,5-7,12-14,16H2,1-4H3,(H2,28,29,30,31). The van der Waals surface area contributed by atoms with Crippen molar-refractivity contribution < 1.29 is 17.7 Å². The van der Waals surface area contributed by atoms with Crippen LogP contribution >= 0.6 is 7.14 Å². The van der Waals surface area contributed by atoms with Gasteiger partial charge in [0.25, 0.3) is 0 Å². The molecule has 1 heterocycles. The van der Waals surface area contributed by atoms with Crippen LogP contribution < -0.4 is 15.9 Å². The molecule has 0 aliphatic heterocycles. The van der Waals surface area contributed by atoms with Gasteiger partial charge in [0.05, 0.1) is 0 Å². The summed E-state index contributed by atoms with van der Waals surface area (Å²) in [6.45, 7) is 8.17. The Bertz CT molecular complexity index is 986. The minimum atomic E-state index is -4.55. The third-order valence-electron chi connectivity index (χ3n) is 6.44. The minimum absolute atomic E-state index is 0.0160. The summed E-state index contributed by atoms with van der Waals surface area (Å²) in [7, 11) is -2.39. The Morgan fingerprint density at radius 1 is 1.21 bits per heavy atom. The summed E-state index contributed by atoms with van der Waals surface area (Å²) < 4.78 is 53.2. The number of halogens is 3. The van der Waals surface area contributed by atoms with Crippen LogP contribution in [0.1, 0.15) is 57.9 Å². The predicted molar refractivity (Wildman–Crippen MR) is 129 cm³/mol. The van der Waals surface area contributed by atoms with Crippen molar-refractivity contribution in [2.24, 2.45) is 11.3 Å². The summed E-state index contributed by atoms with van der Waals surface area (Å²) in [4.78, 5) is 8.09. The van der Waals surface area contributed by atoms with Crippen LogP contribution in [-0.4, -0.2) is 29.8 Å². The summed E-state index contributed by atoms with van der Waals surface area (Å²) >= 11 is 0. The van der Waals surface area contributed by atoms with E-state index >= 15 is 0 Å². The predicted octanol–water partition coefficient (Wildman–Crippen LogP) is 6.90. The van der Waals surface area contributed by atoms with Gasteiger partial charge in [-0.15, -0.1) is 0 Å². The molecule has 2 aromatic rings. The lowest BCUT2D eigenvalue weighted by Gasteiger charge is -2.40. The Balaban J connectivity index is 1.83. The lowest BCUT2D eigenvalue weighted by atomic mass is 9.67. The number of rotatable bonds is 8. The number of benzene rings is 1. The summed E-state index contributed by atoms with van der Waals surface area (Å²) in [5.41, 5.74) is -0.268. The van der Waals surface area contributed by atoms with Crippen LogP contribution in [0.25, 0.3) is 0 Å². The zero-order valence-corrected chi connectivity index (χ0v) is 20.7. The van der Waals surface area contributed by atoms with E-state index in [1.165, 1.54) is 6.42 Å². The fourth-order valence-electron chi connectivity index (χ4n) is 4.86. The zero-order chi connectivity index (χ0) is 24.3. The molecule has 1 aliphatic carbocycles. The molecule has 1 aromatic heterocycles. The second kappa shape index (κ2) is 10.0. The summed E-state index contributed by atoms with van der Waals surface area (Å²) in [6, 6.07) is 6.93. The van der Waals surface area contributed by atoms with Gasteiger partial charge in [-0.25, -0.2) is 4.98 Å². The zero-order valence-electron chi connectivity index (χ0n) is 19.8. The van der Waals surface area contributed by atoms with Crippen molar-refractivity contribution in [1.29, 1.82) is 0 Å². The van der Waals surface area contributed by atoms with Crippen LogP contribution in [0.5, 0.6) is 0 Å². The minimum Gasteiger partial charge on any atom is -0.369 e. The highest BCUT2D eigenvalue weighted by Gasteiger charge is 2.38. The molecular weight excluding hydrogens is 448 g/mol. The smallest absolute Gasteiger partial charge is 0.369 e. The molecule has 2 unspecified atom stereocenters. The molecule has 0 spiro atoms. The largest absolute Gasteiger partial charge is 0.421 e. The first-order chi connectivity index (χ1) is 15.4. The Labute approximate surface area is 194 Å². The number of nitrogens with zero attached hydrogens (tertiary/aromatic N) is 2. The highest BCUT2D eigenvalue weighted by atomic mass is 31.2. The Morgan fingerprint density at radius 2 is 1.91 bits per heavy atom. The molecule has 2 N–H and O–H groups in total. The fourth-order valence-corrected chi connectivity index (χ4v) is 5.73. The lowest BCUT2D eigenvalue weighted by molar-refractivity contribution is -0.137. The second-order valence-electron chi connectivity index (χ2n) is 9.78. The third-order valence-corrected chi connectivity index (χ3v) is 7.98. The maximum absolute atomic E-state index is 13.7. The first-order valence-electron chi connectivity index (χ1n) is 11.5. The van der Waals surface area contributed by atoms with Crippen molar-refractivity contribution in [3.8, 4) is 0 Å². The van der Waals surface area contributed by atoms with Crippen molar-refractivity contribution in [2.45, 2.75) is 58.5 Å². The van der Waals surface area contributed by atoms with Gasteiger partial charge in [-0.3, -0.25) is 0 Å². The first-order valence-corrected chi connectivity index (χ1v) is 14.1. The van der Waals surface area contributed by atoms with Gasteiger partial charge in [0.15, 0.2) is 0 Å². The molecule has 1 aromatic carbocycles. The van der Waals surface area contributed by atoms with E-state index in [1.807, 2.05) is 0 Å². The molecule has 182 valence electrons. The average Bonchev–Trinajstić information content (AvgIpc) is 2.72. The van der Waals surface area contributed by atoms with Crippen molar-refractivity contribution in [3.05, 3.63) is 36.0 Å². The van der Waals surface area contributed by atoms with Crippen molar-refractivity contribution in [1.82, 2.24) is 9.97 Å². The van der Waals surface area contributed by atoms with Gasteiger partial charge in [-0.2, -0.15) is 18.2 Å². The van der Waals surface area contributed by atoms with Crippen LogP contribution in [0.2, 0.25) is 0 Å². The van der Waals surface area contributed by atoms with E-state index in [-0.39, 0.29) is 17.2 Å².